The largest absolute Gasteiger partial charge is 0.330 e. The number of nitrogens with two attached hydrogens (primary N) is 1. The van der Waals surface area contributed by atoms with Crippen molar-refractivity contribution in [2.45, 2.75) is 38.0 Å². The minimum atomic E-state index is 0.516. The van der Waals surface area contributed by atoms with Crippen LogP contribution in [0.2, 0.25) is 0 Å². The Hall–Kier alpha value is -0.890. The number of nitrogens with zero attached hydrogens (tertiary/aromatic N) is 1. The highest BCUT2D eigenvalue weighted by Gasteiger charge is 2.20. The lowest BCUT2D eigenvalue weighted by Gasteiger charge is -2.18. The number of hydrogen-bond acceptors (Lipinski definition) is 2. The van der Waals surface area contributed by atoms with Crippen LogP contribution in [0.15, 0.2) is 24.5 Å². The number of rotatable bonds is 4. The van der Waals surface area contributed by atoms with Crippen molar-refractivity contribution in [3.63, 3.8) is 0 Å². The molecule has 2 N–H and O–H groups in total. The van der Waals surface area contributed by atoms with Crippen molar-refractivity contribution >= 4 is 0 Å². The van der Waals surface area contributed by atoms with E-state index in [1.807, 2.05) is 18.5 Å². The Bertz CT molecular complexity index is 278. The molecule has 15 heavy (non-hydrogen) atoms. The van der Waals surface area contributed by atoms with E-state index in [1.165, 1.54) is 37.7 Å². The van der Waals surface area contributed by atoms with Crippen LogP contribution in [-0.4, -0.2) is 11.5 Å². The summed E-state index contributed by atoms with van der Waals surface area (Å²) in [6, 6.07) is 4.16. The maximum Gasteiger partial charge on any atom is 0.0303 e. The average molecular weight is 204 g/mol. The lowest BCUT2D eigenvalue weighted by Crippen LogP contribution is -2.15. The van der Waals surface area contributed by atoms with E-state index in [4.69, 9.17) is 5.73 Å². The standard InChI is InChI=1S/C13H20N2/c14-9-13(8-11-4-1-2-5-11)12-6-3-7-15-10-12/h3,6-7,10-11,13H,1-2,4-5,8-9,14H2. The van der Waals surface area contributed by atoms with Gasteiger partial charge in [0.25, 0.3) is 0 Å². The van der Waals surface area contributed by atoms with Crippen LogP contribution < -0.4 is 5.73 Å². The second-order valence-corrected chi connectivity index (χ2v) is 4.61. The second kappa shape index (κ2) is 5.26. The lowest BCUT2D eigenvalue weighted by molar-refractivity contribution is 0.447. The van der Waals surface area contributed by atoms with Crippen LogP contribution in [0.5, 0.6) is 0 Å². The normalized spacial score (nSPS) is 19.3. The molecule has 1 heterocycles. The summed E-state index contributed by atoms with van der Waals surface area (Å²) < 4.78 is 0. The van der Waals surface area contributed by atoms with Crippen molar-refractivity contribution in [1.29, 1.82) is 0 Å². The Morgan fingerprint density at radius 3 is 2.80 bits per heavy atom. The molecule has 1 unspecified atom stereocenters. The highest BCUT2D eigenvalue weighted by molar-refractivity contribution is 5.15. The van der Waals surface area contributed by atoms with E-state index in [0.29, 0.717) is 5.92 Å². The molecule has 1 saturated carbocycles. The molecule has 0 radical (unpaired) electrons. The van der Waals surface area contributed by atoms with Crippen LogP contribution in [0.1, 0.15) is 43.6 Å². The van der Waals surface area contributed by atoms with Crippen LogP contribution >= 0.6 is 0 Å². The van der Waals surface area contributed by atoms with Crippen molar-refractivity contribution in [3.8, 4) is 0 Å². The van der Waals surface area contributed by atoms with Crippen LogP contribution in [0.4, 0.5) is 0 Å². The molecule has 1 fully saturated rings. The highest BCUT2D eigenvalue weighted by Crippen LogP contribution is 2.33. The molecular formula is C13H20N2. The van der Waals surface area contributed by atoms with Gasteiger partial charge < -0.3 is 5.73 Å². The summed E-state index contributed by atoms with van der Waals surface area (Å²) in [5.74, 6) is 1.42. The van der Waals surface area contributed by atoms with E-state index in [9.17, 15) is 0 Å². The van der Waals surface area contributed by atoms with Crippen molar-refractivity contribution in [2.75, 3.05) is 6.54 Å². The first-order valence-electron chi connectivity index (χ1n) is 6.00. The van der Waals surface area contributed by atoms with Crippen LogP contribution in [-0.2, 0) is 0 Å². The van der Waals surface area contributed by atoms with Gasteiger partial charge in [0.1, 0.15) is 0 Å². The van der Waals surface area contributed by atoms with Crippen molar-refractivity contribution in [3.05, 3.63) is 30.1 Å². The third-order valence-corrected chi connectivity index (χ3v) is 3.53. The second-order valence-electron chi connectivity index (χ2n) is 4.61. The van der Waals surface area contributed by atoms with Gasteiger partial charge in [0.2, 0.25) is 0 Å². The first kappa shape index (κ1) is 10.6. The highest BCUT2D eigenvalue weighted by atomic mass is 14.6. The Balaban J connectivity index is 1.97. The SMILES string of the molecule is NCC(CC1CCCC1)c1cccnc1. The summed E-state index contributed by atoms with van der Waals surface area (Å²) in [6.07, 6.45) is 10.7. The molecule has 82 valence electrons. The molecule has 0 saturated heterocycles. The van der Waals surface area contributed by atoms with E-state index in [1.54, 1.807) is 0 Å². The molecule has 2 heteroatoms. The van der Waals surface area contributed by atoms with Gasteiger partial charge in [-0.2, -0.15) is 0 Å². The van der Waals surface area contributed by atoms with E-state index in [-0.39, 0.29) is 0 Å². The van der Waals surface area contributed by atoms with Gasteiger partial charge in [0.15, 0.2) is 0 Å². The van der Waals surface area contributed by atoms with E-state index >= 15 is 0 Å². The lowest BCUT2D eigenvalue weighted by atomic mass is 9.89. The molecule has 0 amide bonds. The molecule has 0 bridgehead atoms. The predicted octanol–water partition coefficient (Wildman–Crippen LogP) is 2.70. The summed E-state index contributed by atoms with van der Waals surface area (Å²) in [4.78, 5) is 4.17. The van der Waals surface area contributed by atoms with E-state index < -0.39 is 0 Å². The number of pyridine rings is 1. The molecule has 1 aliphatic carbocycles. The third-order valence-electron chi connectivity index (χ3n) is 3.53. The molecule has 2 rings (SSSR count). The quantitative estimate of drug-likeness (QED) is 0.819. The maximum absolute atomic E-state index is 5.86. The first-order valence-corrected chi connectivity index (χ1v) is 6.00. The average Bonchev–Trinajstić information content (AvgIpc) is 2.80. The van der Waals surface area contributed by atoms with Gasteiger partial charge in [-0.3, -0.25) is 4.98 Å². The molecule has 1 aromatic rings. The Kier molecular flexibility index (Phi) is 3.73. The van der Waals surface area contributed by atoms with E-state index in [2.05, 4.69) is 11.1 Å². The van der Waals surface area contributed by atoms with Gasteiger partial charge in [0, 0.05) is 12.4 Å². The smallest absolute Gasteiger partial charge is 0.0303 e. The van der Waals surface area contributed by atoms with Crippen LogP contribution in [0.25, 0.3) is 0 Å². The third kappa shape index (κ3) is 2.78. The van der Waals surface area contributed by atoms with E-state index in [0.717, 1.165) is 12.5 Å². The summed E-state index contributed by atoms with van der Waals surface area (Å²) in [5, 5.41) is 0. The zero-order chi connectivity index (χ0) is 10.5. The zero-order valence-electron chi connectivity index (χ0n) is 9.23. The van der Waals surface area contributed by atoms with Gasteiger partial charge in [-0.15, -0.1) is 0 Å². The van der Waals surface area contributed by atoms with Gasteiger partial charge in [-0.25, -0.2) is 0 Å². The maximum atomic E-state index is 5.86. The number of aromatic nitrogens is 1. The topological polar surface area (TPSA) is 38.9 Å². The fraction of sp³-hybridized carbons (Fsp3) is 0.615. The minimum Gasteiger partial charge on any atom is -0.330 e. The van der Waals surface area contributed by atoms with Crippen molar-refractivity contribution < 1.29 is 0 Å². The summed E-state index contributed by atoms with van der Waals surface area (Å²) in [7, 11) is 0. The summed E-state index contributed by atoms with van der Waals surface area (Å²) >= 11 is 0. The fourth-order valence-electron chi connectivity index (χ4n) is 2.63. The molecule has 0 aromatic carbocycles. The van der Waals surface area contributed by atoms with Gasteiger partial charge in [-0.05, 0) is 36.4 Å². The Morgan fingerprint density at radius 2 is 2.20 bits per heavy atom. The summed E-state index contributed by atoms with van der Waals surface area (Å²) in [5.41, 5.74) is 7.17. The molecule has 0 spiro atoms. The minimum absolute atomic E-state index is 0.516. The molecule has 0 aliphatic heterocycles. The summed E-state index contributed by atoms with van der Waals surface area (Å²) in [6.45, 7) is 0.752. The van der Waals surface area contributed by atoms with Crippen LogP contribution in [0.3, 0.4) is 0 Å². The molecule has 2 nitrogen and oxygen atoms in total. The Morgan fingerprint density at radius 1 is 1.40 bits per heavy atom. The fourth-order valence-corrected chi connectivity index (χ4v) is 2.63. The van der Waals surface area contributed by atoms with Gasteiger partial charge in [-0.1, -0.05) is 31.7 Å². The number of hydrogen-bond donors (Lipinski definition) is 1. The molecule has 1 aliphatic rings. The molecule has 1 atom stereocenters. The monoisotopic (exact) mass is 204 g/mol. The van der Waals surface area contributed by atoms with Crippen molar-refractivity contribution in [2.24, 2.45) is 11.7 Å². The van der Waals surface area contributed by atoms with Crippen molar-refractivity contribution in [1.82, 2.24) is 4.98 Å². The Labute approximate surface area is 91.9 Å². The molecular weight excluding hydrogens is 184 g/mol. The van der Waals surface area contributed by atoms with Gasteiger partial charge in [0.05, 0.1) is 0 Å². The predicted molar refractivity (Wildman–Crippen MR) is 62.6 cm³/mol. The van der Waals surface area contributed by atoms with Crippen LogP contribution in [0, 0.1) is 5.92 Å². The first-order chi connectivity index (χ1) is 7.40. The molecule has 1 aromatic heterocycles. The zero-order valence-corrected chi connectivity index (χ0v) is 9.23. The van der Waals surface area contributed by atoms with Gasteiger partial charge >= 0.3 is 0 Å².